The molecule has 0 saturated heterocycles. The molecular weight excluding hydrogens is 489 g/mol. The number of methoxy groups -OCH3 is 2. The Morgan fingerprint density at radius 1 is 1.14 bits per heavy atom. The monoisotopic (exact) mass is 526 g/mol. The molecule has 0 spiro atoms. The van der Waals surface area contributed by atoms with E-state index in [4.69, 9.17) is 14.2 Å². The van der Waals surface area contributed by atoms with E-state index >= 15 is 0 Å². The lowest BCUT2D eigenvalue weighted by atomic mass is 9.84. The number of carboxylic acid groups (broad SMARTS) is 1. The van der Waals surface area contributed by atoms with E-state index in [0.717, 1.165) is 36.7 Å². The largest absolute Gasteiger partial charge is 0.481 e. The fraction of sp³-hybridized carbons (Fsp3) is 0.630. The number of ether oxygens (including phenoxy) is 3. The van der Waals surface area contributed by atoms with E-state index in [2.05, 4.69) is 4.98 Å². The second-order valence-electron chi connectivity index (χ2n) is 9.55. The number of nitrogens with zero attached hydrogens (tertiary/aromatic N) is 2. The Labute approximate surface area is 215 Å². The van der Waals surface area contributed by atoms with Gasteiger partial charge in [0.05, 0.1) is 17.8 Å². The molecule has 1 aliphatic carbocycles. The molecule has 10 heteroatoms. The normalized spacial score (nSPS) is 18.0. The van der Waals surface area contributed by atoms with E-state index in [1.54, 1.807) is 6.92 Å². The van der Waals surface area contributed by atoms with Crippen molar-refractivity contribution in [1.82, 2.24) is 9.55 Å². The smallest absolute Gasteiger partial charge is 0.413 e. The summed E-state index contributed by atoms with van der Waals surface area (Å²) in [6, 6.07) is 3.74. The van der Waals surface area contributed by atoms with Gasteiger partial charge in [0.25, 0.3) is 0 Å². The van der Waals surface area contributed by atoms with E-state index in [9.17, 15) is 23.1 Å². The van der Waals surface area contributed by atoms with Gasteiger partial charge >= 0.3 is 12.1 Å². The number of rotatable bonds is 13. The summed E-state index contributed by atoms with van der Waals surface area (Å²) in [5.74, 6) is -1.41. The van der Waals surface area contributed by atoms with E-state index in [1.807, 2.05) is 6.92 Å². The summed E-state index contributed by atoms with van der Waals surface area (Å²) in [4.78, 5) is 16.4. The number of imidazole rings is 1. The number of aryl methyl sites for hydroxylation is 1. The number of aliphatic carboxylic acids is 1. The van der Waals surface area contributed by atoms with Crippen LogP contribution in [0.5, 0.6) is 0 Å². The Morgan fingerprint density at radius 2 is 1.76 bits per heavy atom. The predicted octanol–water partition coefficient (Wildman–Crippen LogP) is 6.39. The second kappa shape index (κ2) is 12.9. The summed E-state index contributed by atoms with van der Waals surface area (Å²) in [5.41, 5.74) is 0.630. The minimum absolute atomic E-state index is 0.00922. The van der Waals surface area contributed by atoms with Crippen LogP contribution in [0.15, 0.2) is 30.5 Å². The number of hydrogen-bond donors (Lipinski definition) is 1. The van der Waals surface area contributed by atoms with Gasteiger partial charge in [-0.05, 0) is 43.2 Å². The Balaban J connectivity index is 2.07. The fourth-order valence-electron chi connectivity index (χ4n) is 5.16. The first kappa shape index (κ1) is 29.1. The molecular formula is C27H37F3N2O5. The van der Waals surface area contributed by atoms with E-state index in [-0.39, 0.29) is 23.0 Å². The summed E-state index contributed by atoms with van der Waals surface area (Å²) in [7, 11) is 2.78. The van der Waals surface area contributed by atoms with Crippen molar-refractivity contribution in [3.05, 3.63) is 53.1 Å². The molecule has 0 bridgehead atoms. The van der Waals surface area contributed by atoms with Crippen LogP contribution in [0.4, 0.5) is 13.2 Å². The molecule has 1 heterocycles. The number of unbranched alkanes of at least 4 members (excludes halogenated alkanes) is 1. The van der Waals surface area contributed by atoms with Gasteiger partial charge in [-0.3, -0.25) is 4.79 Å². The van der Waals surface area contributed by atoms with Crippen LogP contribution >= 0.6 is 0 Å². The molecule has 206 valence electrons. The van der Waals surface area contributed by atoms with Crippen LogP contribution in [0.3, 0.4) is 0 Å². The van der Waals surface area contributed by atoms with Crippen molar-refractivity contribution < 1.29 is 37.3 Å². The molecule has 3 rings (SSSR count). The average molecular weight is 527 g/mol. The minimum atomic E-state index is -4.67. The van der Waals surface area contributed by atoms with Crippen molar-refractivity contribution >= 4 is 5.97 Å². The number of benzene rings is 1. The lowest BCUT2D eigenvalue weighted by molar-refractivity contribution is -0.230. The van der Waals surface area contributed by atoms with Crippen LogP contribution in [0, 0.1) is 5.92 Å². The van der Waals surface area contributed by atoms with Gasteiger partial charge in [-0.15, -0.1) is 0 Å². The molecule has 4 atom stereocenters. The van der Waals surface area contributed by atoms with Gasteiger partial charge in [0.2, 0.25) is 6.29 Å². The highest BCUT2D eigenvalue weighted by Crippen LogP contribution is 2.42. The molecule has 0 amide bonds. The van der Waals surface area contributed by atoms with Crippen LogP contribution in [0.1, 0.15) is 93.3 Å². The first-order valence-electron chi connectivity index (χ1n) is 12.8. The highest BCUT2D eigenvalue weighted by atomic mass is 19.4. The SMILES string of the molecule is CCCCc1ncc(C(OC)OC(C)OC)n1C(c1ccc(C(C(=O)O)C2CCCC2)cc1)C(F)(F)F. The molecule has 7 nitrogen and oxygen atoms in total. The number of halogens is 3. The third-order valence-electron chi connectivity index (χ3n) is 7.08. The highest BCUT2D eigenvalue weighted by molar-refractivity contribution is 5.76. The third kappa shape index (κ3) is 6.91. The maximum absolute atomic E-state index is 14.7. The summed E-state index contributed by atoms with van der Waals surface area (Å²) < 4.78 is 61.6. The number of carbonyl (C=O) groups is 1. The molecule has 1 saturated carbocycles. The zero-order valence-corrected chi connectivity index (χ0v) is 21.8. The van der Waals surface area contributed by atoms with Gasteiger partial charge in [0.1, 0.15) is 5.82 Å². The van der Waals surface area contributed by atoms with Gasteiger partial charge in [-0.2, -0.15) is 13.2 Å². The molecule has 1 aliphatic rings. The van der Waals surface area contributed by atoms with Crippen molar-refractivity contribution in [3.8, 4) is 0 Å². The van der Waals surface area contributed by atoms with Gasteiger partial charge in [-0.25, -0.2) is 4.98 Å². The van der Waals surface area contributed by atoms with E-state index < -0.39 is 36.7 Å². The van der Waals surface area contributed by atoms with Crippen LogP contribution in [0.25, 0.3) is 0 Å². The Morgan fingerprint density at radius 3 is 2.27 bits per heavy atom. The quantitative estimate of drug-likeness (QED) is 0.305. The Bertz CT molecular complexity index is 1000. The standard InChI is InChI=1S/C27H37F3N2O5/c1-5-6-11-22-31-16-21(26(36-4)37-17(2)35-3)32(22)24(27(28,29)30)20-14-12-19(13-15-20)23(25(33)34)18-9-7-8-10-18/h12-18,23-24,26H,5-11H2,1-4H3,(H,33,34). The molecule has 0 radical (unpaired) electrons. The fourth-order valence-corrected chi connectivity index (χ4v) is 5.16. The maximum atomic E-state index is 14.7. The summed E-state index contributed by atoms with van der Waals surface area (Å²) in [5, 5.41) is 9.85. The first-order valence-corrected chi connectivity index (χ1v) is 12.8. The van der Waals surface area contributed by atoms with Crippen LogP contribution < -0.4 is 0 Å². The number of aromatic nitrogens is 2. The topological polar surface area (TPSA) is 82.8 Å². The zero-order chi connectivity index (χ0) is 27.2. The van der Waals surface area contributed by atoms with Gasteiger partial charge in [-0.1, -0.05) is 50.5 Å². The summed E-state index contributed by atoms with van der Waals surface area (Å²) in [6.07, 6.45) is 0.179. The van der Waals surface area contributed by atoms with Crippen LogP contribution in [-0.2, 0) is 25.4 Å². The molecule has 2 aromatic rings. The number of hydrogen-bond acceptors (Lipinski definition) is 5. The van der Waals surface area contributed by atoms with Crippen molar-refractivity contribution in [2.24, 2.45) is 5.92 Å². The predicted molar refractivity (Wildman–Crippen MR) is 131 cm³/mol. The maximum Gasteiger partial charge on any atom is 0.413 e. The average Bonchev–Trinajstić information content (AvgIpc) is 3.52. The van der Waals surface area contributed by atoms with Crippen molar-refractivity contribution in [1.29, 1.82) is 0 Å². The molecule has 1 fully saturated rings. The minimum Gasteiger partial charge on any atom is -0.481 e. The molecule has 37 heavy (non-hydrogen) atoms. The number of alkyl halides is 3. The van der Waals surface area contributed by atoms with E-state index in [1.165, 1.54) is 44.7 Å². The summed E-state index contributed by atoms with van der Waals surface area (Å²) in [6.45, 7) is 3.58. The second-order valence-corrected chi connectivity index (χ2v) is 9.55. The lowest BCUT2D eigenvalue weighted by Gasteiger charge is -2.29. The van der Waals surface area contributed by atoms with E-state index in [0.29, 0.717) is 18.4 Å². The molecule has 0 aliphatic heterocycles. The first-order chi connectivity index (χ1) is 17.6. The van der Waals surface area contributed by atoms with Crippen molar-refractivity contribution in [2.45, 2.75) is 89.5 Å². The van der Waals surface area contributed by atoms with Gasteiger partial charge in [0.15, 0.2) is 12.3 Å². The highest BCUT2D eigenvalue weighted by Gasteiger charge is 2.45. The van der Waals surface area contributed by atoms with Crippen LogP contribution in [-0.4, -0.2) is 47.3 Å². The van der Waals surface area contributed by atoms with Gasteiger partial charge in [0, 0.05) is 20.6 Å². The van der Waals surface area contributed by atoms with Gasteiger partial charge < -0.3 is 23.9 Å². The lowest BCUT2D eigenvalue weighted by Crippen LogP contribution is -2.32. The number of carboxylic acids is 1. The third-order valence-corrected chi connectivity index (χ3v) is 7.08. The molecule has 1 N–H and O–H groups in total. The van der Waals surface area contributed by atoms with Crippen LogP contribution in [0.2, 0.25) is 0 Å². The molecule has 4 unspecified atom stereocenters. The van der Waals surface area contributed by atoms with Crippen molar-refractivity contribution in [2.75, 3.05) is 14.2 Å². The summed E-state index contributed by atoms with van der Waals surface area (Å²) >= 11 is 0. The van der Waals surface area contributed by atoms with Crippen molar-refractivity contribution in [3.63, 3.8) is 0 Å². The Kier molecular flexibility index (Phi) is 10.1. The molecule has 1 aromatic carbocycles. The zero-order valence-electron chi connectivity index (χ0n) is 21.8. The molecule has 1 aromatic heterocycles. The Hall–Kier alpha value is -2.43.